The van der Waals surface area contributed by atoms with Crippen molar-refractivity contribution in [1.82, 2.24) is 0 Å². The molecule has 0 fully saturated rings. The first-order chi connectivity index (χ1) is 19.0. The number of oxazole rings is 1. The number of anilines is 1. The number of benzene rings is 3. The minimum atomic E-state index is -4.16. The fraction of sp³-hybridized carbons (Fsp3) is 0.222. The molecule has 1 aliphatic heterocycles. The largest absolute Gasteiger partial charge is 0.438 e. The summed E-state index contributed by atoms with van der Waals surface area (Å²) in [7, 11) is -8.32. The third-order valence-corrected chi connectivity index (χ3v) is 8.19. The quantitative estimate of drug-likeness (QED) is 0.193. The van der Waals surface area contributed by atoms with Crippen LogP contribution in [0.2, 0.25) is 5.02 Å². The highest BCUT2D eigenvalue weighted by Gasteiger charge is 2.30. The van der Waals surface area contributed by atoms with Crippen molar-refractivity contribution in [1.29, 1.82) is 0 Å². The van der Waals surface area contributed by atoms with E-state index in [0.29, 0.717) is 39.3 Å². The molecule has 4 aromatic rings. The fourth-order valence-corrected chi connectivity index (χ4v) is 5.73. The molecule has 0 spiro atoms. The molecule has 2 N–H and O–H groups in total. The van der Waals surface area contributed by atoms with E-state index in [9.17, 15) is 25.9 Å². The number of halogens is 1. The van der Waals surface area contributed by atoms with Gasteiger partial charge in [0.05, 0.1) is 17.2 Å². The van der Waals surface area contributed by atoms with E-state index < -0.39 is 31.7 Å². The molecule has 10 nitrogen and oxygen atoms in total. The van der Waals surface area contributed by atoms with Crippen molar-refractivity contribution in [2.75, 3.05) is 23.0 Å². The summed E-state index contributed by atoms with van der Waals surface area (Å²) in [6.07, 6.45) is 1.87. The zero-order valence-electron chi connectivity index (χ0n) is 21.1. The lowest BCUT2D eigenvalue weighted by Crippen LogP contribution is -2.36. The van der Waals surface area contributed by atoms with Gasteiger partial charge in [0.15, 0.2) is 12.3 Å². The molecule has 13 heteroatoms. The summed E-state index contributed by atoms with van der Waals surface area (Å²) in [5.74, 6) is 0.323. The normalized spacial score (nSPS) is 14.6. The smallest absolute Gasteiger partial charge is 0.379 e. The highest BCUT2D eigenvalue weighted by molar-refractivity contribution is 7.86. The minimum Gasteiger partial charge on any atom is -0.438 e. The van der Waals surface area contributed by atoms with Gasteiger partial charge in [0.25, 0.3) is 25.8 Å². The Labute approximate surface area is 236 Å². The van der Waals surface area contributed by atoms with Gasteiger partial charge in [-0.2, -0.15) is 21.4 Å². The molecule has 5 rings (SSSR count). The van der Waals surface area contributed by atoms with E-state index in [1.165, 1.54) is 0 Å². The highest BCUT2D eigenvalue weighted by Crippen LogP contribution is 2.41. The van der Waals surface area contributed by atoms with Crippen molar-refractivity contribution < 1.29 is 39.7 Å². The van der Waals surface area contributed by atoms with Crippen molar-refractivity contribution in [2.24, 2.45) is 0 Å². The zero-order chi connectivity index (χ0) is 28.5. The zero-order valence-corrected chi connectivity index (χ0v) is 23.5. The van der Waals surface area contributed by atoms with Crippen molar-refractivity contribution in [3.8, 4) is 16.9 Å². The van der Waals surface area contributed by atoms with Crippen molar-refractivity contribution in [2.45, 2.75) is 19.4 Å². The summed E-state index contributed by atoms with van der Waals surface area (Å²) < 4.78 is 78.0. The van der Waals surface area contributed by atoms with Gasteiger partial charge in [0, 0.05) is 24.1 Å². The van der Waals surface area contributed by atoms with Crippen LogP contribution in [0.3, 0.4) is 0 Å². The molecule has 0 bridgehead atoms. The molecule has 0 unspecified atom stereocenters. The second kappa shape index (κ2) is 11.2. The van der Waals surface area contributed by atoms with Gasteiger partial charge >= 0.3 is 5.89 Å². The van der Waals surface area contributed by atoms with E-state index in [2.05, 4.69) is 0 Å². The van der Waals surface area contributed by atoms with Gasteiger partial charge < -0.3 is 14.1 Å². The van der Waals surface area contributed by atoms with Crippen LogP contribution in [0, 0.1) is 0 Å². The average molecular weight is 606 g/mol. The van der Waals surface area contributed by atoms with Crippen LogP contribution < -0.4 is 14.2 Å². The summed E-state index contributed by atoms with van der Waals surface area (Å²) >= 11 is 6.21. The Kier molecular flexibility index (Phi) is 7.89. The van der Waals surface area contributed by atoms with Crippen LogP contribution in [0.4, 0.5) is 5.69 Å². The first kappa shape index (κ1) is 28.1. The number of fused-ring (bicyclic) bond motifs is 2. The molecule has 0 atom stereocenters. The van der Waals surface area contributed by atoms with E-state index in [1.54, 1.807) is 33.7 Å². The number of rotatable bonds is 10. The Morgan fingerprint density at radius 1 is 0.875 bits per heavy atom. The van der Waals surface area contributed by atoms with Crippen LogP contribution in [0.1, 0.15) is 18.7 Å². The molecule has 2 heterocycles. The lowest BCUT2D eigenvalue weighted by molar-refractivity contribution is -0.677. The second-order valence-electron chi connectivity index (χ2n) is 9.27. The van der Waals surface area contributed by atoms with Gasteiger partial charge in [0.2, 0.25) is 11.5 Å². The van der Waals surface area contributed by atoms with Crippen LogP contribution in [0.5, 0.6) is 5.75 Å². The van der Waals surface area contributed by atoms with Crippen LogP contribution in [0.15, 0.2) is 77.0 Å². The average Bonchev–Trinajstić information content (AvgIpc) is 3.40. The monoisotopic (exact) mass is 605 g/mol. The first-order valence-corrected chi connectivity index (χ1v) is 16.0. The number of hydrogen-bond donors (Lipinski definition) is 2. The van der Waals surface area contributed by atoms with Crippen molar-refractivity contribution in [3.63, 3.8) is 0 Å². The van der Waals surface area contributed by atoms with Gasteiger partial charge in [0.1, 0.15) is 6.08 Å². The highest BCUT2D eigenvalue weighted by atomic mass is 35.5. The van der Waals surface area contributed by atoms with Crippen LogP contribution in [0.25, 0.3) is 28.3 Å². The fourth-order valence-electron chi connectivity index (χ4n) is 4.58. The first-order valence-electron chi connectivity index (χ1n) is 12.4. The standard InChI is InChI=1S/C27H25ClN2O8S2/c28-21-9-11-25-23(17-21)30(13-5-15-40(34,35)36)27(38-25)18-26-29(12-4-14-39(31,32)33)22-16-20(8-10-24(22)37-26)19-6-2-1-3-7-19/h1-3,6-11,16-18H,4-5,12-15H2,(H-,31,32,33,34,35,36)/p+1. The number of aryl methyl sites for hydroxylation is 1. The molecule has 1 aliphatic rings. The molecule has 0 saturated carbocycles. The third-order valence-electron chi connectivity index (χ3n) is 6.34. The van der Waals surface area contributed by atoms with Gasteiger partial charge in [-0.05, 0) is 41.8 Å². The van der Waals surface area contributed by atoms with Crippen molar-refractivity contribution >= 4 is 54.7 Å². The summed E-state index contributed by atoms with van der Waals surface area (Å²) in [5.41, 5.74) is 3.80. The molecular formula is C27H26ClN2O8S2+. The van der Waals surface area contributed by atoms with Gasteiger partial charge in [-0.3, -0.25) is 9.11 Å². The second-order valence-corrected chi connectivity index (χ2v) is 12.8. The molecule has 210 valence electrons. The number of hydrogen-bond acceptors (Lipinski definition) is 7. The molecule has 0 saturated heterocycles. The van der Waals surface area contributed by atoms with Gasteiger partial charge in [-0.25, -0.2) is 0 Å². The van der Waals surface area contributed by atoms with Crippen LogP contribution in [-0.4, -0.2) is 44.0 Å². The van der Waals surface area contributed by atoms with E-state index >= 15 is 0 Å². The van der Waals surface area contributed by atoms with Crippen LogP contribution in [-0.2, 0) is 26.8 Å². The summed E-state index contributed by atoms with van der Waals surface area (Å²) in [4.78, 5) is 1.73. The topological polar surface area (TPSA) is 138 Å². The minimum absolute atomic E-state index is 0.112. The molecule has 0 aliphatic carbocycles. The van der Waals surface area contributed by atoms with Gasteiger partial charge in [-0.15, -0.1) is 0 Å². The lowest BCUT2D eigenvalue weighted by atomic mass is 10.1. The third kappa shape index (κ3) is 6.65. The Bertz CT molecular complexity index is 1800. The Hall–Kier alpha value is -3.42. The summed E-state index contributed by atoms with van der Waals surface area (Å²) in [5, 5.41) is 0.459. The van der Waals surface area contributed by atoms with E-state index in [1.807, 2.05) is 48.5 Å². The molecule has 3 aromatic carbocycles. The molecule has 0 radical (unpaired) electrons. The van der Waals surface area contributed by atoms with Gasteiger partial charge in [-0.1, -0.05) is 48.0 Å². The maximum absolute atomic E-state index is 11.4. The summed E-state index contributed by atoms with van der Waals surface area (Å²) in [6.45, 7) is 0.409. The molecule has 40 heavy (non-hydrogen) atoms. The van der Waals surface area contributed by atoms with E-state index in [0.717, 1.165) is 11.1 Å². The number of ether oxygens (including phenoxy) is 1. The van der Waals surface area contributed by atoms with Crippen LogP contribution >= 0.6 is 11.6 Å². The molecular weight excluding hydrogens is 580 g/mol. The maximum Gasteiger partial charge on any atom is 0.379 e. The lowest BCUT2D eigenvalue weighted by Gasteiger charge is -2.17. The number of nitrogens with zero attached hydrogens (tertiary/aromatic N) is 2. The summed E-state index contributed by atoms with van der Waals surface area (Å²) in [6, 6.07) is 20.5. The maximum atomic E-state index is 11.4. The number of aromatic nitrogens is 1. The Morgan fingerprint density at radius 2 is 1.60 bits per heavy atom. The van der Waals surface area contributed by atoms with Crippen molar-refractivity contribution in [3.05, 3.63) is 83.5 Å². The van der Waals surface area contributed by atoms with E-state index in [-0.39, 0.29) is 25.9 Å². The SMILES string of the molecule is O=S(=O)(O)CCCN1/C(=C/c2oc3ccc(-c4ccccc4)cc3[n+]2CCCS(=O)(=O)O)Oc2ccc(Cl)cc21. The Morgan fingerprint density at radius 3 is 2.33 bits per heavy atom. The van der Waals surface area contributed by atoms with E-state index in [4.69, 9.17) is 20.8 Å². The Balaban J connectivity index is 1.57. The predicted molar refractivity (Wildman–Crippen MR) is 151 cm³/mol. The predicted octanol–water partition coefficient (Wildman–Crippen LogP) is 4.79. The molecule has 1 aromatic heterocycles. The molecule has 0 amide bonds.